The van der Waals surface area contributed by atoms with E-state index in [0.717, 1.165) is 42.4 Å². The van der Waals surface area contributed by atoms with E-state index in [1.807, 2.05) is 0 Å². The third-order valence-electron chi connectivity index (χ3n) is 9.77. The maximum atomic E-state index is 10.2. The van der Waals surface area contributed by atoms with Gasteiger partial charge in [-0.3, -0.25) is 0 Å². The van der Waals surface area contributed by atoms with Crippen molar-refractivity contribution in [2.45, 2.75) is 118 Å². The Kier molecular flexibility index (Phi) is 7.06. The normalized spacial score (nSPS) is 44.1. The van der Waals surface area contributed by atoms with E-state index in [0.29, 0.717) is 10.8 Å². The molecule has 1 heteroatoms. The van der Waals surface area contributed by atoms with Crippen LogP contribution in [-0.2, 0) is 0 Å². The topological polar surface area (TPSA) is 20.2 Å². The van der Waals surface area contributed by atoms with Crippen LogP contribution in [0.5, 0.6) is 0 Å². The highest BCUT2D eigenvalue weighted by atomic mass is 16.3. The van der Waals surface area contributed by atoms with Crippen molar-refractivity contribution in [3.63, 3.8) is 0 Å². The number of fused-ring (bicyclic) bond motifs is 1. The third kappa shape index (κ3) is 4.26. The van der Waals surface area contributed by atoms with Gasteiger partial charge in [0.15, 0.2) is 0 Å². The molecular formula is C27H48O. The molecule has 3 saturated carbocycles. The minimum atomic E-state index is -0.101. The molecule has 3 aliphatic rings. The second kappa shape index (κ2) is 8.83. The first-order valence-electron chi connectivity index (χ1n) is 12.5. The van der Waals surface area contributed by atoms with Crippen molar-refractivity contribution in [2.75, 3.05) is 0 Å². The molecule has 0 spiro atoms. The van der Waals surface area contributed by atoms with Gasteiger partial charge in [-0.05, 0) is 98.7 Å². The Morgan fingerprint density at radius 2 is 1.75 bits per heavy atom. The van der Waals surface area contributed by atoms with Crippen molar-refractivity contribution < 1.29 is 5.11 Å². The van der Waals surface area contributed by atoms with Crippen LogP contribution in [0.2, 0.25) is 0 Å². The summed E-state index contributed by atoms with van der Waals surface area (Å²) in [7, 11) is 0. The lowest BCUT2D eigenvalue weighted by atomic mass is 9.53. The van der Waals surface area contributed by atoms with E-state index in [1.165, 1.54) is 57.8 Å². The first kappa shape index (κ1) is 22.4. The summed E-state index contributed by atoms with van der Waals surface area (Å²) in [6.07, 6.45) is 16.8. The van der Waals surface area contributed by atoms with Crippen LogP contribution in [0.4, 0.5) is 0 Å². The highest BCUT2D eigenvalue weighted by molar-refractivity contribution is 5.19. The van der Waals surface area contributed by atoms with Gasteiger partial charge in [-0.1, -0.05) is 65.5 Å². The van der Waals surface area contributed by atoms with Crippen molar-refractivity contribution in [3.05, 3.63) is 11.6 Å². The molecule has 3 rings (SSSR count). The second-order valence-electron chi connectivity index (χ2n) is 11.8. The summed E-state index contributed by atoms with van der Waals surface area (Å²) in [5.41, 5.74) is 2.49. The maximum absolute atomic E-state index is 10.2. The number of aliphatic hydroxyl groups is 1. The molecule has 28 heavy (non-hydrogen) atoms. The standard InChI is InChI=1S/C27H48O/c1-7-21-18-24(28)14-16-26(21,5)23-13-15-27(6)22(17-23)11-12-25(27)20(4)10-8-9-19(2)3/h7,19-20,22-25,28H,8-18H2,1-6H3/b21-7-/t20?,22-,23-,24?,25+,26-,27-/m0/s1. The van der Waals surface area contributed by atoms with Crippen LogP contribution < -0.4 is 0 Å². The summed E-state index contributed by atoms with van der Waals surface area (Å²) in [6.45, 7) is 14.7. The lowest BCUT2D eigenvalue weighted by Gasteiger charge is -2.52. The molecule has 0 heterocycles. The van der Waals surface area contributed by atoms with Gasteiger partial charge in [0.1, 0.15) is 0 Å². The monoisotopic (exact) mass is 388 g/mol. The fraction of sp³-hybridized carbons (Fsp3) is 0.926. The zero-order valence-electron chi connectivity index (χ0n) is 19.8. The van der Waals surface area contributed by atoms with E-state index >= 15 is 0 Å². The molecule has 0 radical (unpaired) electrons. The number of aliphatic hydroxyl groups excluding tert-OH is 1. The van der Waals surface area contributed by atoms with Gasteiger partial charge >= 0.3 is 0 Å². The molecule has 3 fully saturated rings. The molecule has 0 aromatic carbocycles. The lowest BCUT2D eigenvalue weighted by Crippen LogP contribution is -2.44. The molecule has 0 aromatic heterocycles. The first-order valence-corrected chi connectivity index (χ1v) is 12.5. The van der Waals surface area contributed by atoms with Gasteiger partial charge in [0.25, 0.3) is 0 Å². The van der Waals surface area contributed by atoms with Crippen molar-refractivity contribution >= 4 is 0 Å². The van der Waals surface area contributed by atoms with Crippen molar-refractivity contribution in [1.29, 1.82) is 0 Å². The fourth-order valence-corrected chi connectivity index (χ4v) is 7.76. The minimum absolute atomic E-state index is 0.101. The van der Waals surface area contributed by atoms with Crippen LogP contribution in [0.15, 0.2) is 11.6 Å². The molecular weight excluding hydrogens is 340 g/mol. The zero-order valence-corrected chi connectivity index (χ0v) is 19.8. The number of hydrogen-bond donors (Lipinski definition) is 1. The minimum Gasteiger partial charge on any atom is -0.393 e. The van der Waals surface area contributed by atoms with Gasteiger partial charge in [0.05, 0.1) is 6.10 Å². The van der Waals surface area contributed by atoms with Gasteiger partial charge in [0, 0.05) is 0 Å². The van der Waals surface area contributed by atoms with Crippen molar-refractivity contribution in [1.82, 2.24) is 0 Å². The summed E-state index contributed by atoms with van der Waals surface area (Å²) in [4.78, 5) is 0. The van der Waals surface area contributed by atoms with E-state index in [4.69, 9.17) is 0 Å². The molecule has 0 aromatic rings. The summed E-state index contributed by atoms with van der Waals surface area (Å²) in [6, 6.07) is 0. The first-order chi connectivity index (χ1) is 13.2. The molecule has 162 valence electrons. The highest BCUT2D eigenvalue weighted by Gasteiger charge is 2.53. The predicted molar refractivity (Wildman–Crippen MR) is 121 cm³/mol. The van der Waals surface area contributed by atoms with E-state index in [-0.39, 0.29) is 6.10 Å². The number of rotatable bonds is 6. The van der Waals surface area contributed by atoms with Crippen molar-refractivity contribution in [2.24, 2.45) is 40.4 Å². The predicted octanol–water partition coefficient (Wildman–Crippen LogP) is 7.78. The molecule has 0 bridgehead atoms. The fourth-order valence-electron chi connectivity index (χ4n) is 7.76. The Hall–Kier alpha value is -0.300. The molecule has 0 aliphatic heterocycles. The van der Waals surface area contributed by atoms with Crippen LogP contribution in [0.25, 0.3) is 0 Å². The molecule has 3 aliphatic carbocycles. The zero-order chi connectivity index (χ0) is 20.5. The smallest absolute Gasteiger partial charge is 0.0577 e. The van der Waals surface area contributed by atoms with Gasteiger partial charge in [-0.2, -0.15) is 0 Å². The SMILES string of the molecule is C/C=C1/CC(O)CC[C@]1(C)[C@H]1CC[C@@]2(C)[C@@H](CC[C@@H]2C(C)CCCC(C)C)C1. The van der Waals surface area contributed by atoms with Gasteiger partial charge < -0.3 is 5.11 Å². The van der Waals surface area contributed by atoms with Crippen molar-refractivity contribution in [3.8, 4) is 0 Å². The molecule has 1 nitrogen and oxygen atoms in total. The van der Waals surface area contributed by atoms with Crippen LogP contribution in [0.3, 0.4) is 0 Å². The average Bonchev–Trinajstić information content (AvgIpc) is 2.99. The summed E-state index contributed by atoms with van der Waals surface area (Å²) in [5.74, 6) is 4.47. The van der Waals surface area contributed by atoms with Crippen LogP contribution >= 0.6 is 0 Å². The maximum Gasteiger partial charge on any atom is 0.0577 e. The average molecular weight is 389 g/mol. The van der Waals surface area contributed by atoms with Crippen LogP contribution in [-0.4, -0.2) is 11.2 Å². The lowest BCUT2D eigenvalue weighted by molar-refractivity contribution is -0.00388. The number of hydrogen-bond acceptors (Lipinski definition) is 1. The summed E-state index contributed by atoms with van der Waals surface area (Å²) >= 11 is 0. The largest absolute Gasteiger partial charge is 0.393 e. The van der Waals surface area contributed by atoms with E-state index < -0.39 is 0 Å². The van der Waals surface area contributed by atoms with Crippen LogP contribution in [0, 0.1) is 40.4 Å². The quantitative estimate of drug-likeness (QED) is 0.460. The van der Waals surface area contributed by atoms with Crippen LogP contribution in [0.1, 0.15) is 112 Å². The summed E-state index contributed by atoms with van der Waals surface area (Å²) in [5, 5.41) is 10.2. The van der Waals surface area contributed by atoms with Gasteiger partial charge in [-0.15, -0.1) is 0 Å². The molecule has 0 saturated heterocycles. The van der Waals surface area contributed by atoms with E-state index in [2.05, 4.69) is 47.6 Å². The molecule has 1 N–H and O–H groups in total. The Balaban J connectivity index is 1.65. The summed E-state index contributed by atoms with van der Waals surface area (Å²) < 4.78 is 0. The highest BCUT2D eigenvalue weighted by Crippen LogP contribution is 2.63. The molecule has 0 amide bonds. The molecule has 2 unspecified atom stereocenters. The Morgan fingerprint density at radius 3 is 2.43 bits per heavy atom. The van der Waals surface area contributed by atoms with E-state index in [9.17, 15) is 5.11 Å². The van der Waals surface area contributed by atoms with Gasteiger partial charge in [0.2, 0.25) is 0 Å². The van der Waals surface area contributed by atoms with Gasteiger partial charge in [-0.25, -0.2) is 0 Å². The Bertz CT molecular complexity index is 548. The second-order valence-corrected chi connectivity index (χ2v) is 11.8. The molecule has 7 atom stereocenters. The Morgan fingerprint density at radius 1 is 1.00 bits per heavy atom. The Labute approximate surface area is 175 Å². The van der Waals surface area contributed by atoms with E-state index in [1.54, 1.807) is 5.57 Å². The third-order valence-corrected chi connectivity index (χ3v) is 9.77. The number of allylic oxidation sites excluding steroid dienone is 1.